The van der Waals surface area contributed by atoms with Crippen molar-refractivity contribution in [1.29, 1.82) is 0 Å². The van der Waals surface area contributed by atoms with Gasteiger partial charge >= 0.3 is 0 Å². The summed E-state index contributed by atoms with van der Waals surface area (Å²) in [5.41, 5.74) is 6.63. The highest BCUT2D eigenvalue weighted by Gasteiger charge is 2.21. The third-order valence-electron chi connectivity index (χ3n) is 3.57. The van der Waals surface area contributed by atoms with Crippen LogP contribution in [0.3, 0.4) is 0 Å². The second kappa shape index (κ2) is 7.22. The fourth-order valence-corrected chi connectivity index (χ4v) is 3.15. The second-order valence-corrected chi connectivity index (χ2v) is 6.26. The lowest BCUT2D eigenvalue weighted by Crippen LogP contribution is -2.32. The lowest BCUT2D eigenvalue weighted by molar-refractivity contribution is -0.122. The molecule has 3 rings (SSSR count). The molecule has 1 amide bonds. The van der Waals surface area contributed by atoms with Crippen LogP contribution in [0.5, 0.6) is 0 Å². The number of carbonyl (C=O) groups is 1. The molecule has 8 heteroatoms. The van der Waals surface area contributed by atoms with Gasteiger partial charge in [-0.25, -0.2) is 4.98 Å². The summed E-state index contributed by atoms with van der Waals surface area (Å²) >= 11 is 1.27. The molecule has 0 spiro atoms. The van der Waals surface area contributed by atoms with Crippen LogP contribution in [0.2, 0.25) is 0 Å². The van der Waals surface area contributed by atoms with E-state index in [4.69, 9.17) is 5.73 Å². The molecule has 0 aliphatic rings. The molecule has 1 atom stereocenters. The Kier molecular flexibility index (Phi) is 4.85. The Balaban J connectivity index is 1.80. The second-order valence-electron chi connectivity index (χ2n) is 5.21. The van der Waals surface area contributed by atoms with Crippen LogP contribution in [0.1, 0.15) is 29.4 Å². The summed E-state index contributed by atoms with van der Waals surface area (Å²) < 4.78 is 1.84. The third-order valence-corrected chi connectivity index (χ3v) is 4.39. The number of amides is 1. The van der Waals surface area contributed by atoms with E-state index < -0.39 is 0 Å². The molecule has 0 aliphatic heterocycles. The zero-order valence-electron chi connectivity index (χ0n) is 13.2. The Morgan fingerprint density at radius 3 is 2.79 bits per heavy atom. The fraction of sp³-hybridized carbons (Fsp3) is 0.250. The van der Waals surface area contributed by atoms with Crippen LogP contribution < -0.4 is 11.1 Å². The first-order valence-electron chi connectivity index (χ1n) is 7.60. The number of hydrogen-bond acceptors (Lipinski definition) is 6. The average molecular weight is 342 g/mol. The van der Waals surface area contributed by atoms with Gasteiger partial charge in [0.15, 0.2) is 0 Å². The number of anilines is 1. The van der Waals surface area contributed by atoms with Gasteiger partial charge in [0.25, 0.3) is 0 Å². The monoisotopic (exact) mass is 342 g/mol. The van der Waals surface area contributed by atoms with Gasteiger partial charge in [0.1, 0.15) is 23.4 Å². The molecule has 2 heterocycles. The molecule has 3 aromatic rings. The Morgan fingerprint density at radius 2 is 2.12 bits per heavy atom. The third kappa shape index (κ3) is 3.60. The summed E-state index contributed by atoms with van der Waals surface area (Å²) in [6, 6.07) is 9.28. The number of carbonyl (C=O) groups excluding carboxylic acids is 1. The van der Waals surface area contributed by atoms with Crippen molar-refractivity contribution in [1.82, 2.24) is 25.1 Å². The van der Waals surface area contributed by atoms with E-state index in [0.717, 1.165) is 17.8 Å². The van der Waals surface area contributed by atoms with Crippen molar-refractivity contribution in [2.24, 2.45) is 0 Å². The van der Waals surface area contributed by atoms with E-state index in [-0.39, 0.29) is 18.5 Å². The van der Waals surface area contributed by atoms with Gasteiger partial charge in [-0.1, -0.05) is 48.6 Å². The molecule has 0 saturated heterocycles. The van der Waals surface area contributed by atoms with Crippen LogP contribution in [0.15, 0.2) is 42.7 Å². The molecule has 0 aliphatic carbocycles. The summed E-state index contributed by atoms with van der Waals surface area (Å²) in [6.07, 6.45) is 4.28. The van der Waals surface area contributed by atoms with Crippen LogP contribution in [-0.4, -0.2) is 25.7 Å². The van der Waals surface area contributed by atoms with Gasteiger partial charge in [-0.2, -0.15) is 0 Å². The Morgan fingerprint density at radius 1 is 1.33 bits per heavy atom. The van der Waals surface area contributed by atoms with Crippen LogP contribution in [-0.2, 0) is 17.8 Å². The molecule has 3 N–H and O–H groups in total. The maximum atomic E-state index is 12.5. The van der Waals surface area contributed by atoms with Crippen LogP contribution in [0.4, 0.5) is 5.13 Å². The fourth-order valence-electron chi connectivity index (χ4n) is 2.46. The molecule has 7 nitrogen and oxygen atoms in total. The quantitative estimate of drug-likeness (QED) is 0.711. The van der Waals surface area contributed by atoms with Crippen molar-refractivity contribution in [3.8, 4) is 0 Å². The summed E-state index contributed by atoms with van der Waals surface area (Å²) in [5.74, 6) is 0.756. The summed E-state index contributed by atoms with van der Waals surface area (Å²) in [6.45, 7) is 2.22. The minimum Gasteiger partial charge on any atom is -0.374 e. The van der Waals surface area contributed by atoms with Gasteiger partial charge in [-0.15, -0.1) is 10.2 Å². The number of imidazole rings is 1. The molecule has 24 heavy (non-hydrogen) atoms. The highest BCUT2D eigenvalue weighted by atomic mass is 32.1. The molecule has 1 aromatic carbocycles. The number of nitrogen functional groups attached to an aromatic ring is 1. The lowest BCUT2D eigenvalue weighted by atomic mass is 10.1. The normalized spacial score (nSPS) is 12.0. The van der Waals surface area contributed by atoms with E-state index in [1.54, 1.807) is 12.4 Å². The first-order valence-corrected chi connectivity index (χ1v) is 8.42. The summed E-state index contributed by atoms with van der Waals surface area (Å²) in [4.78, 5) is 16.7. The van der Waals surface area contributed by atoms with E-state index in [1.807, 2.05) is 41.8 Å². The molecule has 0 fully saturated rings. The largest absolute Gasteiger partial charge is 0.374 e. The maximum absolute atomic E-state index is 12.5. The van der Waals surface area contributed by atoms with Crippen molar-refractivity contribution in [3.05, 3.63) is 59.1 Å². The molecular formula is C16H18N6OS. The van der Waals surface area contributed by atoms with Crippen molar-refractivity contribution < 1.29 is 4.79 Å². The van der Waals surface area contributed by atoms with Gasteiger partial charge < -0.3 is 15.6 Å². The number of nitrogens with one attached hydrogen (secondary N) is 1. The van der Waals surface area contributed by atoms with Crippen molar-refractivity contribution in [2.75, 3.05) is 5.73 Å². The Bertz CT molecular complexity index is 813. The highest BCUT2D eigenvalue weighted by molar-refractivity contribution is 7.15. The number of rotatable bonds is 6. The van der Waals surface area contributed by atoms with Crippen LogP contribution >= 0.6 is 11.3 Å². The molecule has 0 unspecified atom stereocenters. The molecule has 124 valence electrons. The number of hydrogen-bond donors (Lipinski definition) is 2. The lowest BCUT2D eigenvalue weighted by Gasteiger charge is -2.17. The van der Waals surface area contributed by atoms with Crippen molar-refractivity contribution in [3.63, 3.8) is 0 Å². The van der Waals surface area contributed by atoms with Gasteiger partial charge in [-0.05, 0) is 5.56 Å². The van der Waals surface area contributed by atoms with Crippen molar-refractivity contribution >= 4 is 22.4 Å². The van der Waals surface area contributed by atoms with Crippen LogP contribution in [0, 0.1) is 0 Å². The summed E-state index contributed by atoms with van der Waals surface area (Å²) in [7, 11) is 0. The smallest absolute Gasteiger partial charge is 0.240 e. The number of benzene rings is 1. The van der Waals surface area contributed by atoms with E-state index in [1.165, 1.54) is 11.3 Å². The first kappa shape index (κ1) is 16.1. The first-order chi connectivity index (χ1) is 11.7. The average Bonchev–Trinajstić information content (AvgIpc) is 3.22. The minimum absolute atomic E-state index is 0.120. The predicted octanol–water partition coefficient (Wildman–Crippen LogP) is 1.78. The van der Waals surface area contributed by atoms with Crippen molar-refractivity contribution in [2.45, 2.75) is 25.9 Å². The Labute approximate surface area is 143 Å². The minimum atomic E-state index is -0.373. The van der Waals surface area contributed by atoms with Gasteiger partial charge in [-0.3, -0.25) is 4.79 Å². The predicted molar refractivity (Wildman–Crippen MR) is 92.4 cm³/mol. The SMILES string of the molecule is CCc1nccn1CC(=O)N[C@H](c1ccccc1)c1nnc(N)s1. The van der Waals surface area contributed by atoms with E-state index in [9.17, 15) is 4.79 Å². The molecule has 0 bridgehead atoms. The molecule has 0 radical (unpaired) electrons. The topological polar surface area (TPSA) is 98.7 Å². The zero-order chi connectivity index (χ0) is 16.9. The highest BCUT2D eigenvalue weighted by Crippen LogP contribution is 2.25. The summed E-state index contributed by atoms with van der Waals surface area (Å²) in [5, 5.41) is 12.0. The maximum Gasteiger partial charge on any atom is 0.240 e. The van der Waals surface area contributed by atoms with Gasteiger partial charge in [0, 0.05) is 18.8 Å². The Hall–Kier alpha value is -2.74. The van der Waals surface area contributed by atoms with Gasteiger partial charge in [0.2, 0.25) is 11.0 Å². The van der Waals surface area contributed by atoms with Gasteiger partial charge in [0.05, 0.1) is 0 Å². The molecular weight excluding hydrogens is 324 g/mol. The van der Waals surface area contributed by atoms with E-state index in [0.29, 0.717) is 10.1 Å². The van der Waals surface area contributed by atoms with E-state index >= 15 is 0 Å². The van der Waals surface area contributed by atoms with Crippen LogP contribution in [0.25, 0.3) is 0 Å². The number of nitrogens with two attached hydrogens (primary N) is 1. The van der Waals surface area contributed by atoms with E-state index in [2.05, 4.69) is 20.5 Å². The number of nitrogens with zero attached hydrogens (tertiary/aromatic N) is 4. The molecule has 2 aromatic heterocycles. The number of aryl methyl sites for hydroxylation is 1. The standard InChI is InChI=1S/C16H18N6OS/c1-2-12-18-8-9-22(12)10-13(23)19-14(11-6-4-3-5-7-11)15-20-21-16(17)24-15/h3-9,14H,2,10H2,1H3,(H2,17,21)(H,19,23)/t14-/m1/s1. The zero-order valence-corrected chi connectivity index (χ0v) is 14.0. The number of aromatic nitrogens is 4. The molecule has 0 saturated carbocycles.